The lowest BCUT2D eigenvalue weighted by Crippen LogP contribution is -2.34. The number of sulfonamides is 1. The second-order valence-electron chi connectivity index (χ2n) is 10.7. The first-order chi connectivity index (χ1) is 18.0. The fourth-order valence-electron chi connectivity index (χ4n) is 5.06. The predicted octanol–water partition coefficient (Wildman–Crippen LogP) is 6.00. The topological polar surface area (TPSA) is 69.7 Å². The van der Waals surface area contributed by atoms with Gasteiger partial charge in [0.25, 0.3) is 5.91 Å². The van der Waals surface area contributed by atoms with Gasteiger partial charge in [-0.3, -0.25) is 9.10 Å². The highest BCUT2D eigenvalue weighted by molar-refractivity contribution is 7.92. The maximum atomic E-state index is 12.9. The van der Waals surface area contributed by atoms with Gasteiger partial charge >= 0.3 is 0 Å². The number of nitrogens with one attached hydrogen (secondary N) is 1. The number of benzene rings is 3. The van der Waals surface area contributed by atoms with E-state index in [2.05, 4.69) is 41.4 Å². The average Bonchev–Trinajstić information content (AvgIpc) is 2.88. The normalized spacial score (nSPS) is 16.7. The smallest absolute Gasteiger partial charge is 0.251 e. The molecule has 1 N–H and O–H groups in total. The second kappa shape index (κ2) is 11.6. The fraction of sp³-hybridized carbons (Fsp3) is 0.387. The minimum atomic E-state index is -3.49. The van der Waals surface area contributed by atoms with E-state index in [0.29, 0.717) is 17.2 Å². The lowest BCUT2D eigenvalue weighted by atomic mass is 9.99. The van der Waals surface area contributed by atoms with Gasteiger partial charge in [0, 0.05) is 24.3 Å². The predicted molar refractivity (Wildman–Crippen MR) is 156 cm³/mol. The molecule has 0 saturated carbocycles. The summed E-state index contributed by atoms with van der Waals surface area (Å²) < 4.78 is 26.6. The number of nitrogens with zero attached hydrogens (tertiary/aromatic N) is 2. The summed E-state index contributed by atoms with van der Waals surface area (Å²) in [7, 11) is -3.49. The van der Waals surface area contributed by atoms with Crippen LogP contribution in [0, 0.1) is 19.8 Å². The lowest BCUT2D eigenvalue weighted by Gasteiger charge is -2.33. The SMILES string of the molecule is Cc1ccc(C)c(N(Cc2ccc(C(=O)N[C@@H](C)c3ccc(N4CCC[C@H](C)C4)cc3)cc2)S(C)(=O)=O)c1. The number of amides is 1. The molecule has 3 aromatic rings. The second-order valence-corrected chi connectivity index (χ2v) is 12.6. The molecular formula is C31H39N3O3S. The molecule has 6 nitrogen and oxygen atoms in total. The first kappa shape index (κ1) is 27.7. The Labute approximate surface area is 227 Å². The van der Waals surface area contributed by atoms with E-state index < -0.39 is 10.0 Å². The minimum Gasteiger partial charge on any atom is -0.371 e. The van der Waals surface area contributed by atoms with Crippen molar-refractivity contribution < 1.29 is 13.2 Å². The Morgan fingerprint density at radius 2 is 1.74 bits per heavy atom. The van der Waals surface area contributed by atoms with Crippen molar-refractivity contribution in [3.8, 4) is 0 Å². The number of piperidine rings is 1. The zero-order valence-electron chi connectivity index (χ0n) is 23.1. The summed E-state index contributed by atoms with van der Waals surface area (Å²) >= 11 is 0. The van der Waals surface area contributed by atoms with Crippen LogP contribution < -0.4 is 14.5 Å². The van der Waals surface area contributed by atoms with E-state index >= 15 is 0 Å². The van der Waals surface area contributed by atoms with Gasteiger partial charge in [-0.2, -0.15) is 0 Å². The summed E-state index contributed by atoms with van der Waals surface area (Å²) in [5.74, 6) is 0.557. The molecule has 4 rings (SSSR count). The summed E-state index contributed by atoms with van der Waals surface area (Å²) in [6, 6.07) is 21.3. The average molecular weight is 534 g/mol. The van der Waals surface area contributed by atoms with Crippen LogP contribution in [0.3, 0.4) is 0 Å². The molecule has 1 saturated heterocycles. The zero-order valence-corrected chi connectivity index (χ0v) is 23.9. The van der Waals surface area contributed by atoms with Gasteiger partial charge in [-0.05, 0) is 92.1 Å². The standard InChI is InChI=1S/C31H39N3O3S/c1-22-8-9-24(3)30(19-22)34(38(5,36)37)21-26-10-12-28(13-11-26)31(35)32-25(4)27-14-16-29(17-15-27)33-18-6-7-23(2)20-33/h8-17,19,23,25H,6-7,18,20-21H2,1-5H3,(H,32,35)/t23-,25-/m0/s1. The molecule has 38 heavy (non-hydrogen) atoms. The van der Waals surface area contributed by atoms with Gasteiger partial charge < -0.3 is 10.2 Å². The van der Waals surface area contributed by atoms with Gasteiger partial charge in [-0.15, -0.1) is 0 Å². The summed E-state index contributed by atoms with van der Waals surface area (Å²) in [6.45, 7) is 10.5. The van der Waals surface area contributed by atoms with E-state index in [1.807, 2.05) is 51.1 Å². The number of hydrogen-bond acceptors (Lipinski definition) is 4. The van der Waals surface area contributed by atoms with Crippen LogP contribution >= 0.6 is 0 Å². The van der Waals surface area contributed by atoms with Crippen LogP contribution in [0.5, 0.6) is 0 Å². The quantitative estimate of drug-likeness (QED) is 0.386. The Morgan fingerprint density at radius 3 is 2.37 bits per heavy atom. The first-order valence-corrected chi connectivity index (χ1v) is 15.2. The van der Waals surface area contributed by atoms with E-state index in [1.165, 1.54) is 29.1 Å². The van der Waals surface area contributed by atoms with Gasteiger partial charge in [0.15, 0.2) is 0 Å². The Bertz CT molecular complexity index is 1370. The molecular weight excluding hydrogens is 494 g/mol. The molecule has 7 heteroatoms. The molecule has 0 aromatic heterocycles. The van der Waals surface area contributed by atoms with Gasteiger partial charge in [-0.25, -0.2) is 8.42 Å². The monoisotopic (exact) mass is 533 g/mol. The van der Waals surface area contributed by atoms with Crippen LogP contribution in [0.1, 0.15) is 65.3 Å². The third-order valence-electron chi connectivity index (χ3n) is 7.34. The molecule has 1 aliphatic rings. The third kappa shape index (κ3) is 6.76. The summed E-state index contributed by atoms with van der Waals surface area (Å²) in [6.07, 6.45) is 3.74. The Morgan fingerprint density at radius 1 is 1.05 bits per heavy atom. The van der Waals surface area contributed by atoms with E-state index in [1.54, 1.807) is 12.1 Å². The maximum Gasteiger partial charge on any atom is 0.251 e. The van der Waals surface area contributed by atoms with Crippen molar-refractivity contribution in [3.63, 3.8) is 0 Å². The Balaban J connectivity index is 1.41. The van der Waals surface area contributed by atoms with Crippen molar-refractivity contribution in [3.05, 3.63) is 94.5 Å². The molecule has 1 aliphatic heterocycles. The molecule has 0 radical (unpaired) electrons. The van der Waals surface area contributed by atoms with E-state index in [9.17, 15) is 13.2 Å². The zero-order chi connectivity index (χ0) is 27.4. The number of hydrogen-bond donors (Lipinski definition) is 1. The largest absolute Gasteiger partial charge is 0.371 e. The summed E-state index contributed by atoms with van der Waals surface area (Å²) in [5.41, 5.74) is 6.20. The van der Waals surface area contributed by atoms with Crippen molar-refractivity contribution in [2.75, 3.05) is 28.6 Å². The molecule has 2 atom stereocenters. The van der Waals surface area contributed by atoms with Gasteiger partial charge in [0.05, 0.1) is 24.5 Å². The highest BCUT2D eigenvalue weighted by Crippen LogP contribution is 2.27. The van der Waals surface area contributed by atoms with Crippen LogP contribution in [-0.2, 0) is 16.6 Å². The molecule has 0 aliphatic carbocycles. The molecule has 3 aromatic carbocycles. The van der Waals surface area contributed by atoms with E-state index in [4.69, 9.17) is 0 Å². The minimum absolute atomic E-state index is 0.137. The number of carbonyl (C=O) groups is 1. The van der Waals surface area contributed by atoms with Crippen molar-refractivity contribution >= 4 is 27.3 Å². The highest BCUT2D eigenvalue weighted by atomic mass is 32.2. The van der Waals surface area contributed by atoms with Gasteiger partial charge in [-0.1, -0.05) is 43.3 Å². The Kier molecular flexibility index (Phi) is 8.46. The third-order valence-corrected chi connectivity index (χ3v) is 8.47. The van der Waals surface area contributed by atoms with Crippen LogP contribution in [0.4, 0.5) is 11.4 Å². The molecule has 202 valence electrons. The molecule has 0 spiro atoms. The first-order valence-electron chi connectivity index (χ1n) is 13.3. The fourth-order valence-corrected chi connectivity index (χ4v) is 6.00. The number of aryl methyl sites for hydroxylation is 2. The number of rotatable bonds is 8. The van der Waals surface area contributed by atoms with Crippen LogP contribution in [-0.4, -0.2) is 33.7 Å². The van der Waals surface area contributed by atoms with Crippen LogP contribution in [0.15, 0.2) is 66.7 Å². The number of carbonyl (C=O) groups excluding carboxylic acids is 1. The van der Waals surface area contributed by atoms with Crippen molar-refractivity contribution in [2.24, 2.45) is 5.92 Å². The highest BCUT2D eigenvalue weighted by Gasteiger charge is 2.21. The number of anilines is 2. The van der Waals surface area contributed by atoms with Crippen molar-refractivity contribution in [1.82, 2.24) is 5.32 Å². The lowest BCUT2D eigenvalue weighted by molar-refractivity contribution is 0.0940. The van der Waals surface area contributed by atoms with Gasteiger partial charge in [0.2, 0.25) is 10.0 Å². The van der Waals surface area contributed by atoms with Crippen molar-refractivity contribution in [2.45, 2.75) is 53.1 Å². The van der Waals surface area contributed by atoms with Crippen LogP contribution in [0.2, 0.25) is 0 Å². The molecule has 0 bridgehead atoms. The molecule has 1 fully saturated rings. The maximum absolute atomic E-state index is 12.9. The van der Waals surface area contributed by atoms with Crippen molar-refractivity contribution in [1.29, 1.82) is 0 Å². The summed E-state index contributed by atoms with van der Waals surface area (Å²) in [4.78, 5) is 15.4. The molecule has 1 heterocycles. The summed E-state index contributed by atoms with van der Waals surface area (Å²) in [5, 5.41) is 3.08. The van der Waals surface area contributed by atoms with E-state index in [-0.39, 0.29) is 18.5 Å². The molecule has 1 amide bonds. The van der Waals surface area contributed by atoms with Crippen LogP contribution in [0.25, 0.3) is 0 Å². The molecule has 0 unspecified atom stereocenters. The van der Waals surface area contributed by atoms with E-state index in [0.717, 1.165) is 35.3 Å². The van der Waals surface area contributed by atoms with Gasteiger partial charge in [0.1, 0.15) is 0 Å². The Hall–Kier alpha value is -3.32.